The van der Waals surface area contributed by atoms with Gasteiger partial charge in [-0.3, -0.25) is 0 Å². The summed E-state index contributed by atoms with van der Waals surface area (Å²) in [7, 11) is 0.602. The summed E-state index contributed by atoms with van der Waals surface area (Å²) in [6.45, 7) is 2.17. The van der Waals surface area contributed by atoms with Crippen LogP contribution in [0, 0.1) is 6.92 Å². The second-order valence-corrected chi connectivity index (χ2v) is 8.49. The summed E-state index contributed by atoms with van der Waals surface area (Å²) in [6.07, 6.45) is 0.303. The molecule has 3 rings (SSSR count). The van der Waals surface area contributed by atoms with Gasteiger partial charge in [0.15, 0.2) is 5.82 Å². The Balaban J connectivity index is 1.74. The Labute approximate surface area is 170 Å². The molecule has 0 aliphatic carbocycles. The summed E-state index contributed by atoms with van der Waals surface area (Å²) in [6, 6.07) is 12.4. The fraction of sp³-hybridized carbons (Fsp3) is 0.300. The number of aryl methyl sites for hydroxylation is 1. The number of likely N-dealkylation sites (N-methyl/N-ethyl adjacent to an activating group) is 1. The van der Waals surface area contributed by atoms with Gasteiger partial charge in [-0.25, -0.2) is 12.7 Å². The number of hydrogen-bond donors (Lipinski definition) is 0. The standard InChI is InChI=1S/C20H23N3O5S/c1-14-5-7-15(8-6-14)20-21-19(22-28-20)11-12-23(2)29(24,25)18-13-16(26-3)9-10-17(18)27-4/h5-10,13H,11-12H2,1-4H3. The molecule has 0 atom stereocenters. The number of nitrogens with zero attached hydrogens (tertiary/aromatic N) is 3. The molecule has 0 N–H and O–H groups in total. The lowest BCUT2D eigenvalue weighted by molar-refractivity contribution is 0.387. The molecule has 0 fully saturated rings. The Bertz CT molecular complexity index is 1080. The molecule has 29 heavy (non-hydrogen) atoms. The van der Waals surface area contributed by atoms with Crippen LogP contribution in [-0.2, 0) is 16.4 Å². The fourth-order valence-corrected chi connectivity index (χ4v) is 4.04. The molecule has 9 heteroatoms. The van der Waals surface area contributed by atoms with Gasteiger partial charge in [-0.05, 0) is 31.2 Å². The third kappa shape index (κ3) is 4.57. The molecular formula is C20H23N3O5S. The lowest BCUT2D eigenvalue weighted by Gasteiger charge is -2.18. The molecule has 0 aliphatic rings. The normalized spacial score (nSPS) is 11.6. The van der Waals surface area contributed by atoms with Crippen LogP contribution in [0.1, 0.15) is 11.4 Å². The second-order valence-electron chi connectivity index (χ2n) is 6.48. The molecule has 1 aromatic heterocycles. The zero-order valence-corrected chi connectivity index (χ0v) is 17.6. The molecule has 0 saturated heterocycles. The highest BCUT2D eigenvalue weighted by Crippen LogP contribution is 2.30. The van der Waals surface area contributed by atoms with Crippen molar-refractivity contribution in [1.82, 2.24) is 14.4 Å². The first-order chi connectivity index (χ1) is 13.8. The van der Waals surface area contributed by atoms with Crippen LogP contribution in [0.3, 0.4) is 0 Å². The van der Waals surface area contributed by atoms with Crippen molar-refractivity contribution < 1.29 is 22.4 Å². The maximum Gasteiger partial charge on any atom is 0.257 e. The Morgan fingerprint density at radius 3 is 2.45 bits per heavy atom. The van der Waals surface area contributed by atoms with Crippen LogP contribution in [0.2, 0.25) is 0 Å². The molecule has 3 aromatic rings. The largest absolute Gasteiger partial charge is 0.497 e. The highest BCUT2D eigenvalue weighted by atomic mass is 32.2. The van der Waals surface area contributed by atoms with Gasteiger partial charge in [-0.15, -0.1) is 0 Å². The van der Waals surface area contributed by atoms with Crippen molar-refractivity contribution in [2.45, 2.75) is 18.2 Å². The van der Waals surface area contributed by atoms with Gasteiger partial charge in [0.05, 0.1) is 14.2 Å². The van der Waals surface area contributed by atoms with E-state index in [2.05, 4.69) is 10.1 Å². The average molecular weight is 417 g/mol. The Hall–Kier alpha value is -2.91. The molecule has 0 spiro atoms. The summed E-state index contributed by atoms with van der Waals surface area (Å²) in [5.41, 5.74) is 1.95. The Morgan fingerprint density at radius 2 is 1.79 bits per heavy atom. The molecule has 0 saturated carbocycles. The van der Waals surface area contributed by atoms with Crippen LogP contribution >= 0.6 is 0 Å². The Kier molecular flexibility index (Phi) is 6.19. The van der Waals surface area contributed by atoms with E-state index in [9.17, 15) is 8.42 Å². The number of hydrogen-bond acceptors (Lipinski definition) is 7. The van der Waals surface area contributed by atoms with Gasteiger partial charge in [-0.1, -0.05) is 22.9 Å². The first-order valence-electron chi connectivity index (χ1n) is 8.93. The maximum absolute atomic E-state index is 13.0. The van der Waals surface area contributed by atoms with Gasteiger partial charge < -0.3 is 14.0 Å². The minimum atomic E-state index is -3.79. The van der Waals surface area contributed by atoms with E-state index >= 15 is 0 Å². The molecule has 2 aromatic carbocycles. The summed E-state index contributed by atoms with van der Waals surface area (Å²) < 4.78 is 42.8. The fourth-order valence-electron chi connectivity index (χ4n) is 2.70. The van der Waals surface area contributed by atoms with E-state index < -0.39 is 10.0 Å². The molecule has 0 bridgehead atoms. The van der Waals surface area contributed by atoms with E-state index in [0.29, 0.717) is 23.9 Å². The van der Waals surface area contributed by atoms with E-state index in [4.69, 9.17) is 14.0 Å². The van der Waals surface area contributed by atoms with Crippen LogP contribution in [-0.4, -0.2) is 50.7 Å². The lowest BCUT2D eigenvalue weighted by atomic mass is 10.1. The number of methoxy groups -OCH3 is 2. The second kappa shape index (κ2) is 8.62. The molecule has 0 unspecified atom stereocenters. The third-order valence-electron chi connectivity index (χ3n) is 4.48. The summed E-state index contributed by atoms with van der Waals surface area (Å²) in [4.78, 5) is 4.39. The molecule has 8 nitrogen and oxygen atoms in total. The van der Waals surface area contributed by atoms with Crippen LogP contribution in [0.25, 0.3) is 11.5 Å². The molecule has 0 amide bonds. The number of aromatic nitrogens is 2. The van der Waals surface area contributed by atoms with E-state index in [1.54, 1.807) is 12.1 Å². The zero-order chi connectivity index (χ0) is 21.0. The number of rotatable bonds is 8. The lowest BCUT2D eigenvalue weighted by Crippen LogP contribution is -2.29. The van der Waals surface area contributed by atoms with Gasteiger partial charge in [0.1, 0.15) is 16.4 Å². The third-order valence-corrected chi connectivity index (χ3v) is 6.35. The average Bonchev–Trinajstić information content (AvgIpc) is 3.20. The summed E-state index contributed by atoms with van der Waals surface area (Å²) >= 11 is 0. The summed E-state index contributed by atoms with van der Waals surface area (Å²) in [5.74, 6) is 1.51. The van der Waals surface area contributed by atoms with Gasteiger partial charge in [-0.2, -0.15) is 4.98 Å². The van der Waals surface area contributed by atoms with Crippen molar-refractivity contribution in [1.29, 1.82) is 0 Å². The smallest absolute Gasteiger partial charge is 0.257 e. The highest BCUT2D eigenvalue weighted by molar-refractivity contribution is 7.89. The van der Waals surface area contributed by atoms with Gasteiger partial charge in [0, 0.05) is 31.6 Å². The monoisotopic (exact) mass is 417 g/mol. The highest BCUT2D eigenvalue weighted by Gasteiger charge is 2.26. The van der Waals surface area contributed by atoms with Gasteiger partial charge in [0.25, 0.3) is 5.89 Å². The first-order valence-corrected chi connectivity index (χ1v) is 10.4. The number of ether oxygens (including phenoxy) is 2. The topological polar surface area (TPSA) is 94.8 Å². The zero-order valence-electron chi connectivity index (χ0n) is 16.7. The minimum Gasteiger partial charge on any atom is -0.497 e. The number of sulfonamides is 1. The van der Waals surface area contributed by atoms with Gasteiger partial charge >= 0.3 is 0 Å². The number of benzene rings is 2. The van der Waals surface area contributed by atoms with E-state index in [1.165, 1.54) is 31.6 Å². The van der Waals surface area contributed by atoms with Crippen molar-refractivity contribution in [3.63, 3.8) is 0 Å². The van der Waals surface area contributed by atoms with Crippen molar-refractivity contribution in [2.24, 2.45) is 0 Å². The maximum atomic E-state index is 13.0. The summed E-state index contributed by atoms with van der Waals surface area (Å²) in [5, 5.41) is 3.95. The minimum absolute atomic E-state index is 0.0373. The molecule has 0 radical (unpaired) electrons. The molecule has 0 aliphatic heterocycles. The predicted octanol–water partition coefficient (Wildman–Crippen LogP) is 2.93. The van der Waals surface area contributed by atoms with Crippen LogP contribution in [0.5, 0.6) is 11.5 Å². The van der Waals surface area contributed by atoms with Gasteiger partial charge in [0.2, 0.25) is 10.0 Å². The van der Waals surface area contributed by atoms with Crippen molar-refractivity contribution in [3.05, 3.63) is 53.9 Å². The quantitative estimate of drug-likeness (QED) is 0.556. The van der Waals surface area contributed by atoms with Crippen molar-refractivity contribution in [3.8, 4) is 23.0 Å². The SMILES string of the molecule is COc1ccc(OC)c(S(=O)(=O)N(C)CCc2noc(-c3ccc(C)cc3)n2)c1. The Morgan fingerprint density at radius 1 is 1.07 bits per heavy atom. The molecule has 1 heterocycles. The predicted molar refractivity (Wildman–Crippen MR) is 108 cm³/mol. The van der Waals surface area contributed by atoms with Crippen molar-refractivity contribution in [2.75, 3.05) is 27.8 Å². The molecular weight excluding hydrogens is 394 g/mol. The van der Waals surface area contributed by atoms with Crippen LogP contribution in [0.4, 0.5) is 0 Å². The van der Waals surface area contributed by atoms with Crippen molar-refractivity contribution >= 4 is 10.0 Å². The molecule has 154 valence electrons. The van der Waals surface area contributed by atoms with E-state index in [-0.39, 0.29) is 17.2 Å². The van der Waals surface area contributed by atoms with Crippen LogP contribution in [0.15, 0.2) is 51.9 Å². The van der Waals surface area contributed by atoms with Crippen LogP contribution < -0.4 is 9.47 Å². The van der Waals surface area contributed by atoms with E-state index in [0.717, 1.165) is 11.1 Å². The van der Waals surface area contributed by atoms with E-state index in [1.807, 2.05) is 31.2 Å². The first kappa shape index (κ1) is 20.8.